The second-order valence-corrected chi connectivity index (χ2v) is 8.89. The van der Waals surface area contributed by atoms with Crippen molar-refractivity contribution >= 4 is 6.02 Å². The third-order valence-electron chi connectivity index (χ3n) is 6.94. The van der Waals surface area contributed by atoms with Gasteiger partial charge in [-0.2, -0.15) is 4.99 Å². The van der Waals surface area contributed by atoms with Gasteiger partial charge in [-0.3, -0.25) is 0 Å². The molecule has 28 heavy (non-hydrogen) atoms. The van der Waals surface area contributed by atoms with Crippen molar-refractivity contribution in [3.05, 3.63) is 47.7 Å². The Morgan fingerprint density at radius 1 is 1.25 bits per heavy atom. The smallest absolute Gasteiger partial charge is 0.293 e. The van der Waals surface area contributed by atoms with Crippen molar-refractivity contribution in [2.24, 2.45) is 10.9 Å². The summed E-state index contributed by atoms with van der Waals surface area (Å²) < 4.78 is 18.3. The summed E-state index contributed by atoms with van der Waals surface area (Å²) in [4.78, 5) is 7.00. The first kappa shape index (κ1) is 18.2. The van der Waals surface area contributed by atoms with Crippen molar-refractivity contribution in [1.29, 1.82) is 0 Å². The maximum atomic E-state index is 6.40. The zero-order valence-corrected chi connectivity index (χ0v) is 16.8. The molecule has 4 heterocycles. The molecule has 1 aromatic rings. The lowest BCUT2D eigenvalue weighted by molar-refractivity contribution is -0.0741. The van der Waals surface area contributed by atoms with Crippen molar-refractivity contribution in [2.45, 2.75) is 56.8 Å². The van der Waals surface area contributed by atoms with E-state index in [2.05, 4.69) is 42.7 Å². The van der Waals surface area contributed by atoms with Gasteiger partial charge in [-0.1, -0.05) is 30.8 Å². The molecule has 2 saturated heterocycles. The Bertz CT molecular complexity index is 791. The highest BCUT2D eigenvalue weighted by atomic mass is 16.5. The minimum atomic E-state index is -0.410. The van der Waals surface area contributed by atoms with Crippen molar-refractivity contribution in [3.8, 4) is 0 Å². The van der Waals surface area contributed by atoms with Crippen LogP contribution in [-0.2, 0) is 26.4 Å². The fourth-order valence-electron chi connectivity index (χ4n) is 5.19. The van der Waals surface area contributed by atoms with E-state index in [1.54, 1.807) is 0 Å². The first-order valence-corrected chi connectivity index (χ1v) is 10.6. The zero-order chi connectivity index (χ0) is 19.2. The molecular formula is C23H30N2O3. The molecule has 4 aliphatic heterocycles. The Morgan fingerprint density at radius 2 is 2.07 bits per heavy atom. The predicted octanol–water partition coefficient (Wildman–Crippen LogP) is 3.98. The van der Waals surface area contributed by atoms with Crippen LogP contribution in [0, 0.1) is 5.92 Å². The van der Waals surface area contributed by atoms with Gasteiger partial charge >= 0.3 is 0 Å². The van der Waals surface area contributed by atoms with Gasteiger partial charge in [-0.05, 0) is 56.1 Å². The van der Waals surface area contributed by atoms with E-state index in [0.717, 1.165) is 70.3 Å². The highest BCUT2D eigenvalue weighted by Crippen LogP contribution is 2.45. The third-order valence-corrected chi connectivity index (χ3v) is 6.94. The number of likely N-dealkylation sites (tertiary alicyclic amines) is 1. The Balaban J connectivity index is 1.24. The van der Waals surface area contributed by atoms with Gasteiger partial charge in [0, 0.05) is 26.3 Å². The Labute approximate surface area is 167 Å². The average molecular weight is 383 g/mol. The average Bonchev–Trinajstić information content (AvgIpc) is 3.22. The second-order valence-electron chi connectivity index (χ2n) is 8.89. The van der Waals surface area contributed by atoms with Crippen LogP contribution < -0.4 is 0 Å². The van der Waals surface area contributed by atoms with Gasteiger partial charge in [0.15, 0.2) is 5.60 Å². The number of benzene rings is 1. The van der Waals surface area contributed by atoms with E-state index in [-0.39, 0.29) is 5.60 Å². The van der Waals surface area contributed by atoms with Gasteiger partial charge < -0.3 is 19.1 Å². The highest BCUT2D eigenvalue weighted by molar-refractivity contribution is 5.78. The van der Waals surface area contributed by atoms with E-state index in [1.165, 1.54) is 17.5 Å². The SMILES string of the molecule is C=C1N=C(N2CCC3(CC2)OCc2ccccc23)OC1(C)CC1CCCOC1. The largest absolute Gasteiger partial charge is 0.452 e. The molecule has 1 aromatic carbocycles. The number of aliphatic imine (C=N–C) groups is 1. The molecule has 5 nitrogen and oxygen atoms in total. The minimum Gasteiger partial charge on any atom is -0.452 e. The van der Waals surface area contributed by atoms with Crippen molar-refractivity contribution < 1.29 is 14.2 Å². The van der Waals surface area contributed by atoms with Crippen molar-refractivity contribution in [3.63, 3.8) is 0 Å². The van der Waals surface area contributed by atoms with E-state index in [4.69, 9.17) is 19.2 Å². The molecule has 0 saturated carbocycles. The summed E-state index contributed by atoms with van der Waals surface area (Å²) in [7, 11) is 0. The van der Waals surface area contributed by atoms with Crippen LogP contribution in [0.4, 0.5) is 0 Å². The van der Waals surface area contributed by atoms with Gasteiger partial charge in [0.2, 0.25) is 0 Å². The Morgan fingerprint density at radius 3 is 2.86 bits per heavy atom. The van der Waals surface area contributed by atoms with Crippen LogP contribution in [0.2, 0.25) is 0 Å². The second kappa shape index (κ2) is 6.89. The molecule has 2 unspecified atom stereocenters. The lowest BCUT2D eigenvalue weighted by atomic mass is 9.84. The van der Waals surface area contributed by atoms with Gasteiger partial charge in [-0.15, -0.1) is 0 Å². The molecular weight excluding hydrogens is 352 g/mol. The molecule has 5 rings (SSSR count). The van der Waals surface area contributed by atoms with Gasteiger partial charge in [0.05, 0.1) is 17.9 Å². The van der Waals surface area contributed by atoms with Gasteiger partial charge in [-0.25, -0.2) is 0 Å². The summed E-state index contributed by atoms with van der Waals surface area (Å²) in [5.41, 5.74) is 3.01. The number of nitrogens with zero attached hydrogens (tertiary/aromatic N) is 2. The molecule has 2 fully saturated rings. The fourth-order valence-corrected chi connectivity index (χ4v) is 5.19. The third kappa shape index (κ3) is 3.05. The number of rotatable bonds is 2. The zero-order valence-electron chi connectivity index (χ0n) is 16.8. The summed E-state index contributed by atoms with van der Waals surface area (Å²) in [5.74, 6) is 0.526. The molecule has 0 aromatic heterocycles. The maximum Gasteiger partial charge on any atom is 0.293 e. The summed E-state index contributed by atoms with van der Waals surface area (Å²) in [6.07, 6.45) is 5.19. The lowest BCUT2D eigenvalue weighted by Gasteiger charge is -2.40. The van der Waals surface area contributed by atoms with E-state index in [0.29, 0.717) is 5.92 Å². The van der Waals surface area contributed by atoms with Crippen LogP contribution in [0.1, 0.15) is 50.2 Å². The van der Waals surface area contributed by atoms with Crippen LogP contribution >= 0.6 is 0 Å². The van der Waals surface area contributed by atoms with Gasteiger partial charge in [0.1, 0.15) is 0 Å². The quantitative estimate of drug-likeness (QED) is 0.776. The van der Waals surface area contributed by atoms with E-state index in [9.17, 15) is 0 Å². The normalized spacial score (nSPS) is 31.6. The summed E-state index contributed by atoms with van der Waals surface area (Å²) >= 11 is 0. The molecule has 0 N–H and O–H groups in total. The molecule has 0 aliphatic carbocycles. The minimum absolute atomic E-state index is 0.133. The number of fused-ring (bicyclic) bond motifs is 2. The topological polar surface area (TPSA) is 43.3 Å². The van der Waals surface area contributed by atoms with Crippen LogP contribution in [0.5, 0.6) is 0 Å². The molecule has 2 atom stereocenters. The molecule has 0 radical (unpaired) electrons. The van der Waals surface area contributed by atoms with Crippen LogP contribution in [-0.4, -0.2) is 42.8 Å². The predicted molar refractivity (Wildman–Crippen MR) is 108 cm³/mol. The molecule has 0 amide bonds. The maximum absolute atomic E-state index is 6.40. The lowest BCUT2D eigenvalue weighted by Crippen LogP contribution is -2.46. The van der Waals surface area contributed by atoms with Crippen molar-refractivity contribution in [2.75, 3.05) is 26.3 Å². The monoisotopic (exact) mass is 382 g/mol. The molecule has 0 bridgehead atoms. The standard InChI is InChI=1S/C23H30N2O3/c1-17-22(2,14-18-6-5-13-26-15-18)28-21(24-17)25-11-9-23(10-12-25)20-8-4-3-7-19(20)16-27-23/h3-4,7-8,18H,1,5-6,9-16H2,2H3. The number of ether oxygens (including phenoxy) is 3. The highest BCUT2D eigenvalue weighted by Gasteiger charge is 2.46. The van der Waals surface area contributed by atoms with Crippen LogP contribution in [0.3, 0.4) is 0 Å². The first-order valence-electron chi connectivity index (χ1n) is 10.6. The Kier molecular flexibility index (Phi) is 4.48. The molecule has 150 valence electrons. The van der Waals surface area contributed by atoms with E-state index in [1.807, 2.05) is 0 Å². The van der Waals surface area contributed by atoms with E-state index >= 15 is 0 Å². The molecule has 5 heteroatoms. The number of amidine groups is 1. The number of hydrogen-bond acceptors (Lipinski definition) is 5. The summed E-state index contributed by atoms with van der Waals surface area (Å²) in [6.45, 7) is 10.6. The number of hydrogen-bond donors (Lipinski definition) is 0. The number of piperidine rings is 1. The van der Waals surface area contributed by atoms with E-state index < -0.39 is 5.60 Å². The van der Waals surface area contributed by atoms with Gasteiger partial charge in [0.25, 0.3) is 6.02 Å². The fraction of sp³-hybridized carbons (Fsp3) is 0.609. The van der Waals surface area contributed by atoms with Crippen LogP contribution in [0.15, 0.2) is 41.5 Å². The molecule has 4 aliphatic rings. The first-order chi connectivity index (χ1) is 13.6. The van der Waals surface area contributed by atoms with Crippen LogP contribution in [0.25, 0.3) is 0 Å². The molecule has 1 spiro atoms. The summed E-state index contributed by atoms with van der Waals surface area (Å²) in [6, 6.07) is 9.38. The van der Waals surface area contributed by atoms with Crippen molar-refractivity contribution in [1.82, 2.24) is 4.90 Å². The summed E-state index contributed by atoms with van der Waals surface area (Å²) in [5, 5.41) is 0. The Hall–Kier alpha value is -1.85.